The first-order valence-electron chi connectivity index (χ1n) is 7.97. The summed E-state index contributed by atoms with van der Waals surface area (Å²) >= 11 is 0. The number of anilines is 1. The lowest BCUT2D eigenvalue weighted by molar-refractivity contribution is 0.414. The second-order valence-electron chi connectivity index (χ2n) is 5.93. The van der Waals surface area contributed by atoms with Gasteiger partial charge in [0.05, 0.1) is 12.6 Å². The number of hydrogen-bond donors (Lipinski definition) is 1. The fourth-order valence-corrected chi connectivity index (χ4v) is 2.72. The van der Waals surface area contributed by atoms with Crippen LogP contribution in [0.25, 0.3) is 10.9 Å². The maximum atomic E-state index is 5.28. The highest BCUT2D eigenvalue weighted by Gasteiger charge is 2.27. The monoisotopic (exact) mass is 305 g/mol. The molecule has 4 heteroatoms. The lowest BCUT2D eigenvalue weighted by Gasteiger charge is -2.11. The van der Waals surface area contributed by atoms with Gasteiger partial charge in [-0.2, -0.15) is 0 Å². The lowest BCUT2D eigenvalue weighted by atomic mass is 10.2. The Morgan fingerprint density at radius 3 is 2.78 bits per heavy atom. The van der Waals surface area contributed by atoms with E-state index in [1.54, 1.807) is 7.11 Å². The van der Waals surface area contributed by atoms with Gasteiger partial charge in [0.1, 0.15) is 17.4 Å². The van der Waals surface area contributed by atoms with E-state index in [9.17, 15) is 0 Å². The quantitative estimate of drug-likeness (QED) is 0.770. The van der Waals surface area contributed by atoms with Crippen molar-refractivity contribution in [2.24, 2.45) is 0 Å². The summed E-state index contributed by atoms with van der Waals surface area (Å²) in [6.07, 6.45) is 2.40. The Bertz CT molecular complexity index is 843. The van der Waals surface area contributed by atoms with E-state index in [2.05, 4.69) is 23.5 Å². The van der Waals surface area contributed by atoms with Crippen molar-refractivity contribution in [1.29, 1.82) is 0 Å². The van der Waals surface area contributed by atoms with E-state index in [0.717, 1.165) is 28.3 Å². The molecule has 0 amide bonds. The maximum Gasteiger partial charge on any atom is 0.137 e. The fraction of sp³-hybridized carbons (Fsp3) is 0.263. The Morgan fingerprint density at radius 2 is 1.96 bits per heavy atom. The van der Waals surface area contributed by atoms with Crippen molar-refractivity contribution in [1.82, 2.24) is 9.97 Å². The van der Waals surface area contributed by atoms with Crippen LogP contribution in [-0.2, 0) is 6.54 Å². The summed E-state index contributed by atoms with van der Waals surface area (Å²) in [7, 11) is 1.69. The normalized spacial score (nSPS) is 14.0. The first kappa shape index (κ1) is 14.0. The first-order valence-corrected chi connectivity index (χ1v) is 7.97. The molecule has 116 valence electrons. The van der Waals surface area contributed by atoms with E-state index in [0.29, 0.717) is 12.5 Å². The molecule has 0 radical (unpaired) electrons. The molecule has 2 aromatic carbocycles. The third kappa shape index (κ3) is 2.97. The van der Waals surface area contributed by atoms with Crippen LogP contribution in [-0.4, -0.2) is 17.1 Å². The molecule has 1 heterocycles. The molecule has 3 aromatic rings. The summed E-state index contributed by atoms with van der Waals surface area (Å²) in [5, 5.41) is 4.54. The molecule has 4 nitrogen and oxygen atoms in total. The summed E-state index contributed by atoms with van der Waals surface area (Å²) in [6, 6.07) is 16.3. The minimum Gasteiger partial charge on any atom is -0.497 e. The van der Waals surface area contributed by atoms with Crippen LogP contribution in [0.2, 0.25) is 0 Å². The van der Waals surface area contributed by atoms with Crippen LogP contribution in [0, 0.1) is 0 Å². The van der Waals surface area contributed by atoms with Crippen LogP contribution in [0.5, 0.6) is 5.75 Å². The van der Waals surface area contributed by atoms with Gasteiger partial charge < -0.3 is 10.1 Å². The standard InChI is InChI=1S/C19H19N3O/c1-23-15-6-4-5-13(11-15)12-20-19-16-7-2-3-8-17(16)21-18(22-19)14-9-10-14/h2-8,11,14H,9-10,12H2,1H3,(H,20,21,22). The molecule has 1 aliphatic carbocycles. The van der Waals surface area contributed by atoms with E-state index in [-0.39, 0.29) is 0 Å². The van der Waals surface area contributed by atoms with Crippen molar-refractivity contribution in [3.8, 4) is 5.75 Å². The van der Waals surface area contributed by atoms with Crippen molar-refractivity contribution in [3.05, 3.63) is 59.9 Å². The number of ether oxygens (including phenoxy) is 1. The molecule has 1 fully saturated rings. The molecule has 23 heavy (non-hydrogen) atoms. The van der Waals surface area contributed by atoms with Crippen LogP contribution in [0.1, 0.15) is 30.1 Å². The first-order chi connectivity index (χ1) is 11.3. The van der Waals surface area contributed by atoms with Crippen molar-refractivity contribution < 1.29 is 4.74 Å². The zero-order chi connectivity index (χ0) is 15.6. The van der Waals surface area contributed by atoms with Crippen molar-refractivity contribution in [2.75, 3.05) is 12.4 Å². The average molecular weight is 305 g/mol. The third-order valence-electron chi connectivity index (χ3n) is 4.16. The molecular formula is C19H19N3O. The minimum atomic E-state index is 0.539. The van der Waals surface area contributed by atoms with E-state index >= 15 is 0 Å². The Labute approximate surface area is 135 Å². The van der Waals surface area contributed by atoms with Crippen LogP contribution in [0.15, 0.2) is 48.5 Å². The van der Waals surface area contributed by atoms with Crippen molar-refractivity contribution in [2.45, 2.75) is 25.3 Å². The molecule has 0 atom stereocenters. The highest BCUT2D eigenvalue weighted by Crippen LogP contribution is 2.39. The predicted molar refractivity (Wildman–Crippen MR) is 91.8 cm³/mol. The Morgan fingerprint density at radius 1 is 1.09 bits per heavy atom. The SMILES string of the molecule is COc1cccc(CNc2nc(C3CC3)nc3ccccc23)c1. The Kier molecular flexibility index (Phi) is 3.58. The fourth-order valence-electron chi connectivity index (χ4n) is 2.72. The average Bonchev–Trinajstić information content (AvgIpc) is 3.45. The van der Waals surface area contributed by atoms with Crippen LogP contribution < -0.4 is 10.1 Å². The molecule has 0 bridgehead atoms. The number of para-hydroxylation sites is 1. The zero-order valence-electron chi connectivity index (χ0n) is 13.1. The molecule has 0 aliphatic heterocycles. The van der Waals surface area contributed by atoms with Gasteiger partial charge in [-0.1, -0.05) is 24.3 Å². The van der Waals surface area contributed by atoms with Gasteiger partial charge in [-0.15, -0.1) is 0 Å². The third-order valence-corrected chi connectivity index (χ3v) is 4.16. The van der Waals surface area contributed by atoms with Gasteiger partial charge in [0, 0.05) is 17.8 Å². The van der Waals surface area contributed by atoms with Crippen molar-refractivity contribution >= 4 is 16.7 Å². The van der Waals surface area contributed by atoms with Gasteiger partial charge in [-0.25, -0.2) is 9.97 Å². The summed E-state index contributed by atoms with van der Waals surface area (Å²) in [6.45, 7) is 0.711. The van der Waals surface area contributed by atoms with Gasteiger partial charge >= 0.3 is 0 Å². The topological polar surface area (TPSA) is 47.0 Å². The van der Waals surface area contributed by atoms with Gasteiger partial charge in [-0.3, -0.25) is 0 Å². The van der Waals surface area contributed by atoms with Crippen LogP contribution in [0.4, 0.5) is 5.82 Å². The number of benzene rings is 2. The molecule has 0 spiro atoms. The molecule has 1 aromatic heterocycles. The highest BCUT2D eigenvalue weighted by atomic mass is 16.5. The molecule has 1 aliphatic rings. The highest BCUT2D eigenvalue weighted by molar-refractivity contribution is 5.89. The van der Waals surface area contributed by atoms with Gasteiger partial charge in [0.25, 0.3) is 0 Å². The molecule has 0 saturated heterocycles. The number of aromatic nitrogens is 2. The van der Waals surface area contributed by atoms with Crippen LogP contribution >= 0.6 is 0 Å². The molecule has 0 unspecified atom stereocenters. The Hall–Kier alpha value is -2.62. The molecule has 4 rings (SSSR count). The molecular weight excluding hydrogens is 286 g/mol. The summed E-state index contributed by atoms with van der Waals surface area (Å²) in [5.41, 5.74) is 2.18. The number of nitrogens with zero attached hydrogens (tertiary/aromatic N) is 2. The largest absolute Gasteiger partial charge is 0.497 e. The summed E-state index contributed by atoms with van der Waals surface area (Å²) < 4.78 is 5.28. The van der Waals surface area contributed by atoms with Crippen LogP contribution in [0.3, 0.4) is 0 Å². The van der Waals surface area contributed by atoms with Gasteiger partial charge in [0.15, 0.2) is 0 Å². The number of nitrogens with one attached hydrogen (secondary N) is 1. The molecule has 1 N–H and O–H groups in total. The molecule has 1 saturated carbocycles. The van der Waals surface area contributed by atoms with E-state index < -0.39 is 0 Å². The maximum absolute atomic E-state index is 5.28. The van der Waals surface area contributed by atoms with E-state index in [1.807, 2.05) is 30.3 Å². The van der Waals surface area contributed by atoms with Gasteiger partial charge in [-0.05, 0) is 42.7 Å². The van der Waals surface area contributed by atoms with Crippen molar-refractivity contribution in [3.63, 3.8) is 0 Å². The second kappa shape index (κ2) is 5.88. The Balaban J connectivity index is 1.64. The number of methoxy groups -OCH3 is 1. The number of rotatable bonds is 5. The van der Waals surface area contributed by atoms with E-state index in [1.165, 1.54) is 18.4 Å². The predicted octanol–water partition coefficient (Wildman–Crippen LogP) is 4.13. The summed E-state index contributed by atoms with van der Waals surface area (Å²) in [5.74, 6) is 3.30. The lowest BCUT2D eigenvalue weighted by Crippen LogP contribution is -2.05. The van der Waals surface area contributed by atoms with Gasteiger partial charge in [0.2, 0.25) is 0 Å². The van der Waals surface area contributed by atoms with E-state index in [4.69, 9.17) is 14.7 Å². The summed E-state index contributed by atoms with van der Waals surface area (Å²) in [4.78, 5) is 9.48. The number of fused-ring (bicyclic) bond motifs is 1. The number of hydrogen-bond acceptors (Lipinski definition) is 4. The zero-order valence-corrected chi connectivity index (χ0v) is 13.1. The smallest absolute Gasteiger partial charge is 0.137 e. The minimum absolute atomic E-state index is 0.539. The second-order valence-corrected chi connectivity index (χ2v) is 5.93.